The van der Waals surface area contributed by atoms with E-state index in [1.807, 2.05) is 0 Å². The summed E-state index contributed by atoms with van der Waals surface area (Å²) in [6.45, 7) is 0. The van der Waals surface area contributed by atoms with Crippen LogP contribution >= 0.6 is 0 Å². The van der Waals surface area contributed by atoms with Gasteiger partial charge in [-0.25, -0.2) is 8.42 Å². The van der Waals surface area contributed by atoms with Crippen LogP contribution in [0, 0.1) is 0 Å². The lowest BCUT2D eigenvalue weighted by Gasteiger charge is -2.09. The van der Waals surface area contributed by atoms with Crippen molar-refractivity contribution in [1.82, 2.24) is 15.8 Å². The molecule has 1 aromatic heterocycles. The van der Waals surface area contributed by atoms with E-state index in [0.717, 1.165) is 0 Å². The van der Waals surface area contributed by atoms with Crippen molar-refractivity contribution in [3.05, 3.63) is 89.7 Å². The minimum absolute atomic E-state index is 0.220. The Morgan fingerprint density at radius 1 is 0.852 bits per heavy atom. The van der Waals surface area contributed by atoms with Gasteiger partial charge in [0.15, 0.2) is 9.84 Å². The molecule has 0 bridgehead atoms. The van der Waals surface area contributed by atoms with E-state index in [2.05, 4.69) is 15.8 Å². The number of sulfone groups is 1. The highest BCUT2D eigenvalue weighted by molar-refractivity contribution is 7.90. The third-order valence-electron chi connectivity index (χ3n) is 3.78. The normalized spacial score (nSPS) is 11.0. The molecule has 27 heavy (non-hydrogen) atoms. The van der Waals surface area contributed by atoms with E-state index in [9.17, 15) is 18.0 Å². The molecule has 0 aliphatic carbocycles. The number of hydrazine groups is 1. The fourth-order valence-electron chi connectivity index (χ4n) is 2.46. The quantitative estimate of drug-likeness (QED) is 0.586. The maximum absolute atomic E-state index is 12.5. The van der Waals surface area contributed by atoms with Gasteiger partial charge in [0.1, 0.15) is 5.69 Å². The number of H-pyrrole nitrogens is 1. The summed E-state index contributed by atoms with van der Waals surface area (Å²) in [6, 6.07) is 17.6. The number of benzene rings is 2. The number of carbonyl (C=O) groups excluding carboxylic acids is 2. The Labute approximate surface area is 156 Å². The van der Waals surface area contributed by atoms with Crippen LogP contribution in [-0.2, 0) is 15.6 Å². The zero-order valence-corrected chi connectivity index (χ0v) is 15.0. The number of nitrogens with one attached hydrogen (secondary N) is 3. The maximum Gasteiger partial charge on any atom is 0.286 e. The van der Waals surface area contributed by atoms with Gasteiger partial charge in [-0.1, -0.05) is 30.3 Å². The van der Waals surface area contributed by atoms with Crippen LogP contribution in [0.1, 0.15) is 26.4 Å². The largest absolute Gasteiger partial charge is 0.357 e. The number of aromatic nitrogens is 1. The number of hydrogen-bond donors (Lipinski definition) is 3. The first kappa shape index (κ1) is 18.4. The van der Waals surface area contributed by atoms with Gasteiger partial charge in [0.05, 0.1) is 10.6 Å². The molecule has 2 aromatic carbocycles. The van der Waals surface area contributed by atoms with Gasteiger partial charge in [-0.3, -0.25) is 20.4 Å². The Morgan fingerprint density at radius 2 is 1.59 bits per heavy atom. The van der Waals surface area contributed by atoms with Gasteiger partial charge >= 0.3 is 0 Å². The number of amides is 2. The minimum atomic E-state index is -3.52. The molecule has 7 nitrogen and oxygen atoms in total. The van der Waals surface area contributed by atoms with Crippen LogP contribution in [0.2, 0.25) is 0 Å². The summed E-state index contributed by atoms with van der Waals surface area (Å²) >= 11 is 0. The Hall–Kier alpha value is -3.39. The average Bonchev–Trinajstić information content (AvgIpc) is 3.21. The van der Waals surface area contributed by atoms with Crippen LogP contribution in [0.25, 0.3) is 0 Å². The minimum Gasteiger partial charge on any atom is -0.357 e. The molecule has 0 aliphatic heterocycles. The fourth-order valence-corrected chi connectivity index (χ4v) is 3.81. The molecule has 0 aliphatic rings. The monoisotopic (exact) mass is 383 g/mol. The molecule has 0 fully saturated rings. The molecule has 1 heterocycles. The van der Waals surface area contributed by atoms with Crippen molar-refractivity contribution >= 4 is 21.7 Å². The summed E-state index contributed by atoms with van der Waals surface area (Å²) < 4.78 is 24.9. The molecule has 3 N–H and O–H groups in total. The molecule has 138 valence electrons. The molecule has 0 radical (unpaired) electrons. The van der Waals surface area contributed by atoms with Gasteiger partial charge in [0.25, 0.3) is 11.8 Å². The number of carbonyl (C=O) groups is 2. The maximum atomic E-state index is 12.5. The molecular formula is C19H17N3O4S. The van der Waals surface area contributed by atoms with E-state index < -0.39 is 21.7 Å². The molecule has 0 saturated heterocycles. The van der Waals surface area contributed by atoms with Crippen molar-refractivity contribution < 1.29 is 18.0 Å². The third kappa shape index (κ3) is 4.62. The predicted octanol–water partition coefficient (Wildman–Crippen LogP) is 2.06. The number of aromatic amines is 1. The van der Waals surface area contributed by atoms with Crippen molar-refractivity contribution in [2.75, 3.05) is 0 Å². The summed E-state index contributed by atoms with van der Waals surface area (Å²) in [4.78, 5) is 27.0. The van der Waals surface area contributed by atoms with E-state index in [1.165, 1.54) is 24.3 Å². The topological polar surface area (TPSA) is 108 Å². The van der Waals surface area contributed by atoms with Gasteiger partial charge in [0, 0.05) is 11.8 Å². The predicted molar refractivity (Wildman–Crippen MR) is 99.5 cm³/mol. The lowest BCUT2D eigenvalue weighted by molar-refractivity contribution is 0.0844. The first-order valence-electron chi connectivity index (χ1n) is 8.06. The molecule has 3 aromatic rings. The second kappa shape index (κ2) is 7.88. The molecule has 0 spiro atoms. The summed E-state index contributed by atoms with van der Waals surface area (Å²) in [7, 11) is -3.52. The Morgan fingerprint density at radius 3 is 2.30 bits per heavy atom. The van der Waals surface area contributed by atoms with Crippen LogP contribution in [0.5, 0.6) is 0 Å². The third-order valence-corrected chi connectivity index (χ3v) is 5.48. The van der Waals surface area contributed by atoms with Crippen molar-refractivity contribution in [2.24, 2.45) is 0 Å². The van der Waals surface area contributed by atoms with Crippen LogP contribution in [0.3, 0.4) is 0 Å². The standard InChI is InChI=1S/C19H17N3O4S/c23-18(21-22-19(24)17-10-5-11-20-17)15-7-4-6-14(12-15)13-27(25,26)16-8-2-1-3-9-16/h1-12,20H,13H2,(H,21,23)(H,22,24). The lowest BCUT2D eigenvalue weighted by atomic mass is 10.1. The van der Waals surface area contributed by atoms with Crippen molar-refractivity contribution in [1.29, 1.82) is 0 Å². The van der Waals surface area contributed by atoms with E-state index in [0.29, 0.717) is 11.3 Å². The van der Waals surface area contributed by atoms with Crippen LogP contribution in [0.15, 0.2) is 77.8 Å². The van der Waals surface area contributed by atoms with Crippen LogP contribution in [-0.4, -0.2) is 25.2 Å². The number of hydrogen-bond acceptors (Lipinski definition) is 4. The molecule has 3 rings (SSSR count). The molecular weight excluding hydrogens is 366 g/mol. The first-order chi connectivity index (χ1) is 13.0. The first-order valence-corrected chi connectivity index (χ1v) is 9.72. The average molecular weight is 383 g/mol. The Kier molecular flexibility index (Phi) is 5.37. The number of rotatable bonds is 5. The zero-order chi connectivity index (χ0) is 19.3. The van der Waals surface area contributed by atoms with Gasteiger partial charge in [-0.15, -0.1) is 0 Å². The molecule has 2 amide bonds. The summed E-state index contributed by atoms with van der Waals surface area (Å²) in [5, 5.41) is 0. The highest BCUT2D eigenvalue weighted by atomic mass is 32.2. The van der Waals surface area contributed by atoms with E-state index in [4.69, 9.17) is 0 Å². The Bertz CT molecular complexity index is 1050. The summed E-state index contributed by atoms with van der Waals surface area (Å²) in [5.74, 6) is -1.27. The SMILES string of the molecule is O=C(NNC(=O)c1ccc[nH]1)c1cccc(CS(=O)(=O)c2ccccc2)c1. The van der Waals surface area contributed by atoms with E-state index >= 15 is 0 Å². The molecule has 0 saturated carbocycles. The second-order valence-corrected chi connectivity index (χ2v) is 7.75. The van der Waals surface area contributed by atoms with E-state index in [-0.39, 0.29) is 16.2 Å². The zero-order valence-electron chi connectivity index (χ0n) is 14.2. The molecule has 8 heteroatoms. The lowest BCUT2D eigenvalue weighted by Crippen LogP contribution is -2.41. The Balaban J connectivity index is 1.68. The smallest absolute Gasteiger partial charge is 0.286 e. The summed E-state index contributed by atoms with van der Waals surface area (Å²) in [5.41, 5.74) is 5.61. The van der Waals surface area contributed by atoms with E-state index in [1.54, 1.807) is 48.7 Å². The van der Waals surface area contributed by atoms with Gasteiger partial charge in [-0.2, -0.15) is 0 Å². The second-order valence-electron chi connectivity index (χ2n) is 5.76. The highest BCUT2D eigenvalue weighted by Crippen LogP contribution is 2.17. The van der Waals surface area contributed by atoms with Gasteiger partial charge in [-0.05, 0) is 42.0 Å². The molecule has 0 unspecified atom stereocenters. The van der Waals surface area contributed by atoms with Gasteiger partial charge in [0.2, 0.25) is 0 Å². The highest BCUT2D eigenvalue weighted by Gasteiger charge is 2.16. The fraction of sp³-hybridized carbons (Fsp3) is 0.0526. The van der Waals surface area contributed by atoms with Crippen molar-refractivity contribution in [3.63, 3.8) is 0 Å². The van der Waals surface area contributed by atoms with Crippen molar-refractivity contribution in [2.45, 2.75) is 10.6 Å². The van der Waals surface area contributed by atoms with Crippen LogP contribution in [0.4, 0.5) is 0 Å². The van der Waals surface area contributed by atoms with Crippen molar-refractivity contribution in [3.8, 4) is 0 Å². The van der Waals surface area contributed by atoms with Crippen LogP contribution < -0.4 is 10.9 Å². The summed E-state index contributed by atoms with van der Waals surface area (Å²) in [6.07, 6.45) is 1.59. The molecule has 0 atom stereocenters. The van der Waals surface area contributed by atoms with Gasteiger partial charge < -0.3 is 4.98 Å².